The van der Waals surface area contributed by atoms with E-state index in [9.17, 15) is 18.8 Å². The van der Waals surface area contributed by atoms with Gasteiger partial charge in [0.2, 0.25) is 11.8 Å². The van der Waals surface area contributed by atoms with E-state index in [-0.39, 0.29) is 24.1 Å². The molecule has 0 aromatic heterocycles. The van der Waals surface area contributed by atoms with Crippen LogP contribution in [0.4, 0.5) is 9.18 Å². The largest absolute Gasteiger partial charge is 0.338 e. The molecule has 4 amide bonds. The summed E-state index contributed by atoms with van der Waals surface area (Å²) in [5.74, 6) is -0.766. The van der Waals surface area contributed by atoms with E-state index in [2.05, 4.69) is 15.5 Å². The summed E-state index contributed by atoms with van der Waals surface area (Å²) in [6.07, 6.45) is 0.439. The number of benzene rings is 1. The van der Waals surface area contributed by atoms with Crippen LogP contribution in [0.3, 0.4) is 0 Å². The average molecular weight is 348 g/mol. The monoisotopic (exact) mass is 348 g/mol. The molecule has 3 rings (SSSR count). The lowest BCUT2D eigenvalue weighted by atomic mass is 10.1. The smallest absolute Gasteiger partial charge is 0.322 e. The zero-order chi connectivity index (χ0) is 17.8. The third kappa shape index (κ3) is 4.33. The van der Waals surface area contributed by atoms with Crippen LogP contribution in [0.1, 0.15) is 18.4 Å². The van der Waals surface area contributed by atoms with Crippen molar-refractivity contribution in [2.24, 2.45) is 0 Å². The highest BCUT2D eigenvalue weighted by Crippen LogP contribution is 2.13. The minimum absolute atomic E-state index is 0.141. The Balaban J connectivity index is 1.53. The Hall–Kier alpha value is -2.48. The number of urea groups is 1. The molecule has 7 nitrogen and oxygen atoms in total. The van der Waals surface area contributed by atoms with Gasteiger partial charge in [-0.2, -0.15) is 0 Å². The van der Waals surface area contributed by atoms with Crippen molar-refractivity contribution in [1.82, 2.24) is 20.4 Å². The van der Waals surface area contributed by atoms with Crippen molar-refractivity contribution in [3.63, 3.8) is 0 Å². The predicted octanol–water partition coefficient (Wildman–Crippen LogP) is 0.458. The maximum Gasteiger partial charge on any atom is 0.322 e. The Morgan fingerprint density at radius 1 is 1.16 bits per heavy atom. The first-order valence-electron chi connectivity index (χ1n) is 8.38. The lowest BCUT2D eigenvalue weighted by Crippen LogP contribution is -2.55. The molecule has 1 atom stereocenters. The first-order valence-corrected chi connectivity index (χ1v) is 8.38. The van der Waals surface area contributed by atoms with E-state index in [0.717, 1.165) is 0 Å². The third-order valence-electron chi connectivity index (χ3n) is 4.55. The van der Waals surface area contributed by atoms with Gasteiger partial charge in [0.1, 0.15) is 11.9 Å². The van der Waals surface area contributed by atoms with Crippen LogP contribution in [-0.4, -0.2) is 59.9 Å². The highest BCUT2D eigenvalue weighted by atomic mass is 19.1. The Morgan fingerprint density at radius 2 is 1.88 bits per heavy atom. The van der Waals surface area contributed by atoms with Crippen LogP contribution >= 0.6 is 0 Å². The summed E-state index contributed by atoms with van der Waals surface area (Å²) in [6, 6.07) is 5.37. The molecule has 0 unspecified atom stereocenters. The Morgan fingerprint density at radius 3 is 2.60 bits per heavy atom. The van der Waals surface area contributed by atoms with Gasteiger partial charge in [-0.15, -0.1) is 0 Å². The maximum absolute atomic E-state index is 13.7. The van der Waals surface area contributed by atoms with Crippen molar-refractivity contribution in [3.8, 4) is 0 Å². The number of nitrogens with one attached hydrogen (secondary N) is 2. The van der Waals surface area contributed by atoms with Gasteiger partial charge in [-0.1, -0.05) is 18.2 Å². The fourth-order valence-electron chi connectivity index (χ4n) is 3.13. The van der Waals surface area contributed by atoms with Gasteiger partial charge in [-0.25, -0.2) is 9.18 Å². The van der Waals surface area contributed by atoms with Gasteiger partial charge in [0.25, 0.3) is 0 Å². The summed E-state index contributed by atoms with van der Waals surface area (Å²) >= 11 is 0. The Labute approximate surface area is 145 Å². The summed E-state index contributed by atoms with van der Waals surface area (Å²) in [7, 11) is 0. The standard InChI is InChI=1S/C17H21FN4O3/c18-13-4-2-1-3-12(13)11-21-7-9-22(10-8-21)16(24)14-5-6-15(23)20-17(25)19-14/h1-4,14H,5-11H2,(H2,19,20,23,25)/t14-/m0/s1. The number of carbonyl (C=O) groups excluding carboxylic acids is 3. The van der Waals surface area contributed by atoms with Crippen LogP contribution in [-0.2, 0) is 16.1 Å². The molecule has 134 valence electrons. The van der Waals surface area contributed by atoms with Crippen molar-refractivity contribution < 1.29 is 18.8 Å². The Kier molecular flexibility index (Phi) is 5.28. The van der Waals surface area contributed by atoms with Crippen molar-refractivity contribution in [3.05, 3.63) is 35.6 Å². The molecular formula is C17H21FN4O3. The van der Waals surface area contributed by atoms with Crippen molar-refractivity contribution in [2.75, 3.05) is 26.2 Å². The second kappa shape index (κ2) is 7.60. The van der Waals surface area contributed by atoms with E-state index in [1.54, 1.807) is 17.0 Å². The van der Waals surface area contributed by atoms with Crippen LogP contribution in [0.2, 0.25) is 0 Å². The van der Waals surface area contributed by atoms with Crippen LogP contribution in [0, 0.1) is 5.82 Å². The van der Waals surface area contributed by atoms with E-state index in [4.69, 9.17) is 0 Å². The number of rotatable bonds is 3. The SMILES string of the molecule is O=C1CC[C@@H](C(=O)N2CCN(Cc3ccccc3F)CC2)NC(=O)N1. The molecule has 1 aromatic rings. The maximum atomic E-state index is 13.7. The molecule has 25 heavy (non-hydrogen) atoms. The van der Waals surface area contributed by atoms with E-state index in [0.29, 0.717) is 44.7 Å². The van der Waals surface area contributed by atoms with Crippen LogP contribution in [0.25, 0.3) is 0 Å². The highest BCUT2D eigenvalue weighted by Gasteiger charge is 2.31. The fourth-order valence-corrected chi connectivity index (χ4v) is 3.13. The van der Waals surface area contributed by atoms with Crippen LogP contribution in [0.5, 0.6) is 0 Å². The topological polar surface area (TPSA) is 81.8 Å². The summed E-state index contributed by atoms with van der Waals surface area (Å²) in [4.78, 5) is 39.2. The van der Waals surface area contributed by atoms with Crippen molar-refractivity contribution >= 4 is 17.8 Å². The number of hydrogen-bond acceptors (Lipinski definition) is 4. The first-order chi connectivity index (χ1) is 12.0. The summed E-state index contributed by atoms with van der Waals surface area (Å²) < 4.78 is 13.7. The van der Waals surface area contributed by atoms with Crippen molar-refractivity contribution in [1.29, 1.82) is 0 Å². The molecule has 2 N–H and O–H groups in total. The third-order valence-corrected chi connectivity index (χ3v) is 4.55. The number of piperazine rings is 1. The highest BCUT2D eigenvalue weighted by molar-refractivity contribution is 5.98. The van der Waals surface area contributed by atoms with Gasteiger partial charge in [-0.3, -0.25) is 19.8 Å². The molecule has 2 fully saturated rings. The Bertz CT molecular complexity index is 674. The molecule has 0 bridgehead atoms. The number of imide groups is 1. The molecular weight excluding hydrogens is 327 g/mol. The van der Waals surface area contributed by atoms with Crippen LogP contribution < -0.4 is 10.6 Å². The van der Waals surface area contributed by atoms with E-state index in [1.807, 2.05) is 6.07 Å². The van der Waals surface area contributed by atoms with Gasteiger partial charge in [0, 0.05) is 44.7 Å². The molecule has 0 saturated carbocycles. The summed E-state index contributed by atoms with van der Waals surface area (Å²) in [5, 5.41) is 4.71. The quantitative estimate of drug-likeness (QED) is 0.831. The fraction of sp³-hybridized carbons (Fsp3) is 0.471. The van der Waals surface area contributed by atoms with E-state index in [1.165, 1.54) is 6.07 Å². The molecule has 2 saturated heterocycles. The zero-order valence-corrected chi connectivity index (χ0v) is 13.8. The molecule has 0 radical (unpaired) electrons. The lowest BCUT2D eigenvalue weighted by Gasteiger charge is -2.36. The zero-order valence-electron chi connectivity index (χ0n) is 13.8. The van der Waals surface area contributed by atoms with Gasteiger partial charge in [-0.05, 0) is 12.5 Å². The molecule has 0 spiro atoms. The summed E-state index contributed by atoms with van der Waals surface area (Å²) in [6.45, 7) is 2.81. The number of halogens is 1. The second-order valence-electron chi connectivity index (χ2n) is 6.31. The first kappa shape index (κ1) is 17.3. The van der Waals surface area contributed by atoms with Crippen LogP contribution in [0.15, 0.2) is 24.3 Å². The second-order valence-corrected chi connectivity index (χ2v) is 6.31. The normalized spacial score (nSPS) is 22.1. The van der Waals surface area contributed by atoms with Gasteiger partial charge < -0.3 is 10.2 Å². The lowest BCUT2D eigenvalue weighted by molar-refractivity contribution is -0.135. The molecule has 2 heterocycles. The summed E-state index contributed by atoms with van der Waals surface area (Å²) in [5.41, 5.74) is 0.642. The minimum atomic E-state index is -0.676. The molecule has 1 aromatic carbocycles. The minimum Gasteiger partial charge on any atom is -0.338 e. The molecule has 2 aliphatic heterocycles. The number of amides is 4. The van der Waals surface area contributed by atoms with Gasteiger partial charge in [0.05, 0.1) is 0 Å². The van der Waals surface area contributed by atoms with E-state index < -0.39 is 12.1 Å². The number of carbonyl (C=O) groups is 3. The molecule has 8 heteroatoms. The van der Waals surface area contributed by atoms with E-state index >= 15 is 0 Å². The predicted molar refractivity (Wildman–Crippen MR) is 88.0 cm³/mol. The average Bonchev–Trinajstić information content (AvgIpc) is 2.77. The van der Waals surface area contributed by atoms with Gasteiger partial charge in [0.15, 0.2) is 0 Å². The number of hydrogen-bond donors (Lipinski definition) is 2. The number of nitrogens with zero attached hydrogens (tertiary/aromatic N) is 2. The molecule has 2 aliphatic rings. The molecule has 0 aliphatic carbocycles. The van der Waals surface area contributed by atoms with Crippen molar-refractivity contribution in [2.45, 2.75) is 25.4 Å². The van der Waals surface area contributed by atoms with Gasteiger partial charge >= 0.3 is 6.03 Å².